The summed E-state index contributed by atoms with van der Waals surface area (Å²) in [4.78, 5) is 12.8. The predicted molar refractivity (Wildman–Crippen MR) is 83.4 cm³/mol. The number of nitrogens with one attached hydrogen (secondary N) is 1. The Kier molecular flexibility index (Phi) is 3.38. The van der Waals surface area contributed by atoms with E-state index in [9.17, 15) is 4.79 Å². The molecule has 2 aromatic rings. The Morgan fingerprint density at radius 1 is 1.26 bits per heavy atom. The van der Waals surface area contributed by atoms with Gasteiger partial charge in [0, 0.05) is 29.5 Å². The fraction of sp³-hybridized carbons (Fsp3) is 0.389. The van der Waals surface area contributed by atoms with E-state index in [-0.39, 0.29) is 5.91 Å². The maximum atomic E-state index is 12.8. The van der Waals surface area contributed by atoms with Gasteiger partial charge in [0.25, 0.3) is 5.91 Å². The Bertz CT molecular complexity index is 751. The van der Waals surface area contributed by atoms with Gasteiger partial charge >= 0.3 is 0 Å². The smallest absolute Gasteiger partial charge is 0.287 e. The summed E-state index contributed by atoms with van der Waals surface area (Å²) >= 11 is 0. The molecular formula is C18H19NO4. The fourth-order valence-corrected chi connectivity index (χ4v) is 3.35. The molecule has 1 N–H and O–H groups in total. The molecular weight excluding hydrogens is 294 g/mol. The SMILES string of the molecule is C[C@]1(NC(=O)c2occ3c2CCOC3)CCOc2ccccc21. The van der Waals surface area contributed by atoms with Gasteiger partial charge in [0.05, 0.1) is 31.6 Å². The molecule has 4 rings (SSSR count). The third-order valence-electron chi connectivity index (χ3n) is 4.67. The molecule has 0 unspecified atom stereocenters. The van der Waals surface area contributed by atoms with Crippen LogP contribution in [0, 0.1) is 0 Å². The molecule has 1 amide bonds. The van der Waals surface area contributed by atoms with E-state index in [1.54, 1.807) is 6.26 Å². The summed E-state index contributed by atoms with van der Waals surface area (Å²) < 4.78 is 16.6. The number of furan rings is 1. The first-order valence-electron chi connectivity index (χ1n) is 7.89. The van der Waals surface area contributed by atoms with Crippen molar-refractivity contribution in [1.29, 1.82) is 0 Å². The van der Waals surface area contributed by atoms with Crippen LogP contribution in [0.4, 0.5) is 0 Å². The summed E-state index contributed by atoms with van der Waals surface area (Å²) in [6, 6.07) is 7.84. The van der Waals surface area contributed by atoms with Gasteiger partial charge in [-0.1, -0.05) is 18.2 Å². The topological polar surface area (TPSA) is 60.7 Å². The highest BCUT2D eigenvalue weighted by atomic mass is 16.5. The van der Waals surface area contributed by atoms with E-state index in [1.807, 2.05) is 31.2 Å². The molecule has 0 fully saturated rings. The lowest BCUT2D eigenvalue weighted by Crippen LogP contribution is -2.46. The van der Waals surface area contributed by atoms with Crippen LogP contribution in [0.3, 0.4) is 0 Å². The molecule has 5 heteroatoms. The van der Waals surface area contributed by atoms with Crippen LogP contribution < -0.4 is 10.1 Å². The Hall–Kier alpha value is -2.27. The fourth-order valence-electron chi connectivity index (χ4n) is 3.35. The average Bonchev–Trinajstić information content (AvgIpc) is 2.99. The van der Waals surface area contributed by atoms with E-state index < -0.39 is 5.54 Å². The molecule has 1 aromatic heterocycles. The minimum atomic E-state index is -0.462. The summed E-state index contributed by atoms with van der Waals surface area (Å²) in [6.45, 7) is 3.75. The number of ether oxygens (including phenoxy) is 2. The third kappa shape index (κ3) is 2.41. The highest BCUT2D eigenvalue weighted by Crippen LogP contribution is 2.37. The first kappa shape index (κ1) is 14.3. The van der Waals surface area contributed by atoms with Crippen molar-refractivity contribution in [3.8, 4) is 5.75 Å². The lowest BCUT2D eigenvalue weighted by Gasteiger charge is -2.36. The van der Waals surface area contributed by atoms with Crippen LogP contribution in [0.15, 0.2) is 34.9 Å². The number of carbonyl (C=O) groups is 1. The predicted octanol–water partition coefficient (Wildman–Crippen LogP) is 2.78. The van der Waals surface area contributed by atoms with Crippen LogP contribution in [0.1, 0.15) is 40.6 Å². The molecule has 2 aliphatic rings. The van der Waals surface area contributed by atoms with E-state index in [0.717, 1.165) is 28.9 Å². The number of para-hydroxylation sites is 1. The van der Waals surface area contributed by atoms with Gasteiger partial charge in [-0.05, 0) is 13.0 Å². The standard InChI is InChI=1S/C18H19NO4/c1-18(7-9-22-15-5-3-2-4-14(15)18)19-17(20)16-13-6-8-21-10-12(13)11-23-16/h2-5,11H,6-10H2,1H3,(H,19,20)/t18-/m0/s1. The second-order valence-electron chi connectivity index (χ2n) is 6.25. The van der Waals surface area contributed by atoms with Gasteiger partial charge < -0.3 is 19.2 Å². The number of fused-ring (bicyclic) bond motifs is 2. The van der Waals surface area contributed by atoms with Crippen LogP contribution in [-0.4, -0.2) is 19.1 Å². The monoisotopic (exact) mass is 313 g/mol. The maximum absolute atomic E-state index is 12.8. The molecule has 23 heavy (non-hydrogen) atoms. The molecule has 1 atom stereocenters. The molecule has 120 valence electrons. The number of carbonyl (C=O) groups excluding carboxylic acids is 1. The van der Waals surface area contributed by atoms with Crippen LogP contribution in [0.5, 0.6) is 5.75 Å². The first-order chi connectivity index (χ1) is 11.2. The maximum Gasteiger partial charge on any atom is 0.287 e. The Morgan fingerprint density at radius 3 is 3.04 bits per heavy atom. The lowest BCUT2D eigenvalue weighted by molar-refractivity contribution is 0.0840. The lowest BCUT2D eigenvalue weighted by atomic mass is 9.86. The number of benzene rings is 1. The van der Waals surface area contributed by atoms with Gasteiger partial charge in [-0.2, -0.15) is 0 Å². The number of hydrogen-bond acceptors (Lipinski definition) is 4. The van der Waals surface area contributed by atoms with Gasteiger partial charge in [0.2, 0.25) is 0 Å². The van der Waals surface area contributed by atoms with Crippen molar-refractivity contribution in [1.82, 2.24) is 5.32 Å². The molecule has 3 heterocycles. The highest BCUT2D eigenvalue weighted by Gasteiger charge is 2.36. The summed E-state index contributed by atoms with van der Waals surface area (Å²) in [7, 11) is 0. The van der Waals surface area contributed by atoms with Gasteiger partial charge in [-0.15, -0.1) is 0 Å². The van der Waals surface area contributed by atoms with Gasteiger partial charge in [-0.3, -0.25) is 4.79 Å². The highest BCUT2D eigenvalue weighted by molar-refractivity contribution is 5.94. The van der Waals surface area contributed by atoms with Crippen molar-refractivity contribution >= 4 is 5.91 Å². The van der Waals surface area contributed by atoms with Crippen molar-refractivity contribution in [3.05, 3.63) is 53.0 Å². The van der Waals surface area contributed by atoms with Crippen molar-refractivity contribution in [2.24, 2.45) is 0 Å². The van der Waals surface area contributed by atoms with E-state index in [1.165, 1.54) is 0 Å². The Balaban J connectivity index is 1.63. The van der Waals surface area contributed by atoms with E-state index in [0.29, 0.717) is 32.0 Å². The van der Waals surface area contributed by atoms with Crippen molar-refractivity contribution in [2.75, 3.05) is 13.2 Å². The van der Waals surface area contributed by atoms with Crippen LogP contribution in [0.2, 0.25) is 0 Å². The summed E-state index contributed by atoms with van der Waals surface area (Å²) in [5.41, 5.74) is 2.48. The number of rotatable bonds is 2. The van der Waals surface area contributed by atoms with Crippen molar-refractivity contribution < 1.29 is 18.7 Å². The Morgan fingerprint density at radius 2 is 2.13 bits per heavy atom. The van der Waals surface area contributed by atoms with Crippen molar-refractivity contribution in [2.45, 2.75) is 31.9 Å². The summed E-state index contributed by atoms with van der Waals surface area (Å²) in [6.07, 6.45) is 3.07. The van der Waals surface area contributed by atoms with E-state index >= 15 is 0 Å². The largest absolute Gasteiger partial charge is 0.493 e. The van der Waals surface area contributed by atoms with Crippen molar-refractivity contribution in [3.63, 3.8) is 0 Å². The second kappa shape index (κ2) is 5.42. The zero-order valence-corrected chi connectivity index (χ0v) is 13.1. The number of amides is 1. The molecule has 2 aliphatic heterocycles. The van der Waals surface area contributed by atoms with Crippen LogP contribution in [-0.2, 0) is 23.3 Å². The molecule has 0 radical (unpaired) electrons. The number of hydrogen-bond donors (Lipinski definition) is 1. The minimum Gasteiger partial charge on any atom is -0.493 e. The Labute approximate surface area is 134 Å². The zero-order chi connectivity index (χ0) is 15.9. The summed E-state index contributed by atoms with van der Waals surface area (Å²) in [5, 5.41) is 3.15. The molecule has 0 bridgehead atoms. The molecule has 0 aliphatic carbocycles. The second-order valence-corrected chi connectivity index (χ2v) is 6.25. The van der Waals surface area contributed by atoms with Gasteiger partial charge in [-0.25, -0.2) is 0 Å². The molecule has 1 aromatic carbocycles. The first-order valence-corrected chi connectivity index (χ1v) is 7.89. The molecule has 0 saturated heterocycles. The van der Waals surface area contributed by atoms with Crippen LogP contribution >= 0.6 is 0 Å². The average molecular weight is 313 g/mol. The molecule has 5 nitrogen and oxygen atoms in total. The van der Waals surface area contributed by atoms with E-state index in [2.05, 4.69) is 5.32 Å². The molecule has 0 spiro atoms. The van der Waals surface area contributed by atoms with Gasteiger partial charge in [0.1, 0.15) is 5.75 Å². The molecule has 0 saturated carbocycles. The zero-order valence-electron chi connectivity index (χ0n) is 13.1. The van der Waals surface area contributed by atoms with Crippen LogP contribution in [0.25, 0.3) is 0 Å². The summed E-state index contributed by atoms with van der Waals surface area (Å²) in [5.74, 6) is 1.07. The minimum absolute atomic E-state index is 0.174. The third-order valence-corrected chi connectivity index (χ3v) is 4.67. The normalized spacial score (nSPS) is 22.7. The van der Waals surface area contributed by atoms with E-state index in [4.69, 9.17) is 13.9 Å². The quantitative estimate of drug-likeness (QED) is 0.926. The van der Waals surface area contributed by atoms with Gasteiger partial charge in [0.15, 0.2) is 5.76 Å².